The van der Waals surface area contributed by atoms with E-state index in [4.69, 9.17) is 16.7 Å². The number of hydrogen-bond donors (Lipinski definition) is 1. The van der Waals surface area contributed by atoms with Crippen LogP contribution in [0.25, 0.3) is 5.65 Å². The van der Waals surface area contributed by atoms with Crippen LogP contribution in [0.4, 0.5) is 0 Å². The number of carbonyl (C=O) groups is 1. The molecule has 0 atom stereocenters. The molecule has 2 aromatic heterocycles. The summed E-state index contributed by atoms with van der Waals surface area (Å²) in [6.07, 6.45) is 1.47. The number of rotatable bonds is 2. The van der Waals surface area contributed by atoms with Gasteiger partial charge in [-0.25, -0.2) is 4.79 Å². The van der Waals surface area contributed by atoms with Gasteiger partial charge < -0.3 is 9.84 Å². The third-order valence-electron chi connectivity index (χ3n) is 2.09. The number of nitrogens with zero attached hydrogens (tertiary/aromatic N) is 3. The molecular formula is C9H8ClN3O3. The summed E-state index contributed by atoms with van der Waals surface area (Å²) in [7, 11) is 1.28. The van der Waals surface area contributed by atoms with Gasteiger partial charge in [-0.3, -0.25) is 4.40 Å². The zero-order valence-electron chi connectivity index (χ0n) is 8.35. The molecule has 2 heterocycles. The first-order valence-electron chi connectivity index (χ1n) is 4.39. The number of aromatic nitrogens is 3. The van der Waals surface area contributed by atoms with Crippen molar-refractivity contribution in [2.45, 2.75) is 6.61 Å². The highest BCUT2D eigenvalue weighted by Crippen LogP contribution is 2.19. The Balaban J connectivity index is 2.68. The van der Waals surface area contributed by atoms with E-state index in [2.05, 4.69) is 14.9 Å². The molecule has 84 valence electrons. The van der Waals surface area contributed by atoms with Crippen LogP contribution in [0.3, 0.4) is 0 Å². The van der Waals surface area contributed by atoms with Gasteiger partial charge in [-0.15, -0.1) is 10.2 Å². The van der Waals surface area contributed by atoms with E-state index in [1.807, 2.05) is 0 Å². The third kappa shape index (κ3) is 1.62. The van der Waals surface area contributed by atoms with E-state index in [0.717, 1.165) is 0 Å². The van der Waals surface area contributed by atoms with Crippen molar-refractivity contribution in [3.63, 3.8) is 0 Å². The summed E-state index contributed by atoms with van der Waals surface area (Å²) < 4.78 is 6.03. The van der Waals surface area contributed by atoms with Gasteiger partial charge in [0.2, 0.25) is 0 Å². The van der Waals surface area contributed by atoms with Crippen LogP contribution in [0.15, 0.2) is 12.3 Å². The van der Waals surface area contributed by atoms with Crippen molar-refractivity contribution in [1.82, 2.24) is 14.6 Å². The fourth-order valence-corrected chi connectivity index (χ4v) is 1.58. The van der Waals surface area contributed by atoms with E-state index >= 15 is 0 Å². The van der Waals surface area contributed by atoms with Crippen LogP contribution < -0.4 is 0 Å². The second kappa shape index (κ2) is 4.07. The Hall–Kier alpha value is -1.66. The number of aliphatic hydroxyl groups is 1. The van der Waals surface area contributed by atoms with Gasteiger partial charge in [0.05, 0.1) is 17.7 Å². The molecule has 0 fully saturated rings. The van der Waals surface area contributed by atoms with E-state index in [9.17, 15) is 4.79 Å². The number of halogens is 1. The minimum absolute atomic E-state index is 0.273. The number of hydrogen-bond acceptors (Lipinski definition) is 5. The standard InChI is InChI=1S/C9H8ClN3O3/c1-16-9(15)5-2-6(10)8-12-11-7(4-14)13(8)3-5/h2-3,14H,4H2,1H3. The van der Waals surface area contributed by atoms with Gasteiger partial charge in [0.1, 0.15) is 6.61 Å². The molecule has 0 saturated carbocycles. The van der Waals surface area contributed by atoms with E-state index in [1.165, 1.54) is 23.8 Å². The number of pyridine rings is 1. The molecule has 0 amide bonds. The Kier molecular flexibility index (Phi) is 2.76. The molecule has 0 unspecified atom stereocenters. The molecule has 2 aromatic rings. The highest BCUT2D eigenvalue weighted by atomic mass is 35.5. The van der Waals surface area contributed by atoms with Crippen molar-refractivity contribution in [2.75, 3.05) is 7.11 Å². The summed E-state index contributed by atoms with van der Waals surface area (Å²) >= 11 is 5.92. The Bertz CT molecular complexity index is 552. The number of aliphatic hydroxyl groups excluding tert-OH is 1. The number of carbonyl (C=O) groups excluding carboxylic acids is 1. The largest absolute Gasteiger partial charge is 0.465 e. The first kappa shape index (κ1) is 10.8. The van der Waals surface area contributed by atoms with Crippen LogP contribution >= 0.6 is 11.6 Å². The lowest BCUT2D eigenvalue weighted by Gasteiger charge is -2.02. The van der Waals surface area contributed by atoms with Gasteiger partial charge in [-0.1, -0.05) is 11.6 Å². The fraction of sp³-hybridized carbons (Fsp3) is 0.222. The average molecular weight is 242 g/mol. The van der Waals surface area contributed by atoms with Crippen LogP contribution in [-0.4, -0.2) is 32.8 Å². The molecule has 1 N–H and O–H groups in total. The van der Waals surface area contributed by atoms with Crippen molar-refractivity contribution >= 4 is 23.2 Å². The minimum atomic E-state index is -0.513. The van der Waals surface area contributed by atoms with Crippen molar-refractivity contribution in [1.29, 1.82) is 0 Å². The van der Waals surface area contributed by atoms with Crippen molar-refractivity contribution < 1.29 is 14.6 Å². The van der Waals surface area contributed by atoms with Crippen molar-refractivity contribution in [3.05, 3.63) is 28.7 Å². The summed E-state index contributed by atoms with van der Waals surface area (Å²) in [4.78, 5) is 11.3. The van der Waals surface area contributed by atoms with E-state index in [0.29, 0.717) is 11.5 Å². The maximum absolute atomic E-state index is 11.3. The van der Waals surface area contributed by atoms with Crippen LogP contribution in [0.1, 0.15) is 16.2 Å². The molecule has 0 bridgehead atoms. The summed E-state index contributed by atoms with van der Waals surface area (Å²) in [5, 5.41) is 16.8. The first-order chi connectivity index (χ1) is 7.67. The maximum atomic E-state index is 11.3. The Morgan fingerprint density at radius 3 is 3.00 bits per heavy atom. The van der Waals surface area contributed by atoms with Gasteiger partial charge in [-0.2, -0.15) is 0 Å². The lowest BCUT2D eigenvalue weighted by atomic mass is 10.3. The van der Waals surface area contributed by atoms with Crippen LogP contribution in [0.5, 0.6) is 0 Å². The van der Waals surface area contributed by atoms with Crippen molar-refractivity contribution in [3.8, 4) is 0 Å². The molecular weight excluding hydrogens is 234 g/mol. The molecule has 0 aliphatic carbocycles. The minimum Gasteiger partial charge on any atom is -0.465 e. The van der Waals surface area contributed by atoms with Crippen LogP contribution in [0, 0.1) is 0 Å². The number of ether oxygens (including phenoxy) is 1. The molecule has 6 nitrogen and oxygen atoms in total. The van der Waals surface area contributed by atoms with Gasteiger partial charge >= 0.3 is 5.97 Å². The Morgan fingerprint density at radius 2 is 2.38 bits per heavy atom. The molecule has 0 radical (unpaired) electrons. The van der Waals surface area contributed by atoms with Crippen LogP contribution in [-0.2, 0) is 11.3 Å². The van der Waals surface area contributed by atoms with E-state index in [-0.39, 0.29) is 17.2 Å². The normalized spacial score (nSPS) is 10.7. The summed E-state index contributed by atoms with van der Waals surface area (Å²) in [5.41, 5.74) is 0.660. The molecule has 0 aliphatic heterocycles. The Labute approximate surface area is 95.4 Å². The second-order valence-electron chi connectivity index (χ2n) is 3.04. The van der Waals surface area contributed by atoms with Crippen LogP contribution in [0.2, 0.25) is 5.02 Å². The summed E-state index contributed by atoms with van der Waals surface area (Å²) in [5.74, 6) is -0.205. The lowest BCUT2D eigenvalue weighted by Crippen LogP contribution is -2.04. The van der Waals surface area contributed by atoms with Gasteiger partial charge in [-0.05, 0) is 6.07 Å². The highest BCUT2D eigenvalue weighted by Gasteiger charge is 2.13. The molecule has 2 rings (SSSR count). The Morgan fingerprint density at radius 1 is 1.62 bits per heavy atom. The third-order valence-corrected chi connectivity index (χ3v) is 2.37. The molecule has 0 aliphatic rings. The average Bonchev–Trinajstić information content (AvgIpc) is 2.71. The lowest BCUT2D eigenvalue weighted by molar-refractivity contribution is 0.0600. The monoisotopic (exact) mass is 241 g/mol. The second-order valence-corrected chi connectivity index (χ2v) is 3.44. The maximum Gasteiger partial charge on any atom is 0.339 e. The van der Waals surface area contributed by atoms with Crippen molar-refractivity contribution in [2.24, 2.45) is 0 Å². The predicted molar refractivity (Wildman–Crippen MR) is 55.3 cm³/mol. The smallest absolute Gasteiger partial charge is 0.339 e. The highest BCUT2D eigenvalue weighted by molar-refractivity contribution is 6.33. The SMILES string of the molecule is COC(=O)c1cc(Cl)c2nnc(CO)n2c1. The van der Waals surface area contributed by atoms with Gasteiger partial charge in [0, 0.05) is 6.20 Å². The molecule has 16 heavy (non-hydrogen) atoms. The van der Waals surface area contributed by atoms with E-state index < -0.39 is 5.97 Å². The predicted octanol–water partition coefficient (Wildman–Crippen LogP) is 0.662. The van der Waals surface area contributed by atoms with E-state index in [1.54, 1.807) is 0 Å². The number of fused-ring (bicyclic) bond motifs is 1. The topological polar surface area (TPSA) is 76.7 Å². The fourth-order valence-electron chi connectivity index (χ4n) is 1.34. The molecule has 7 heteroatoms. The summed E-state index contributed by atoms with van der Waals surface area (Å²) in [6.45, 7) is -0.290. The zero-order chi connectivity index (χ0) is 11.7. The number of esters is 1. The first-order valence-corrected chi connectivity index (χ1v) is 4.77. The quantitative estimate of drug-likeness (QED) is 0.782. The summed E-state index contributed by atoms with van der Waals surface area (Å²) in [6, 6.07) is 1.44. The molecule has 0 aromatic carbocycles. The zero-order valence-corrected chi connectivity index (χ0v) is 9.10. The molecule has 0 spiro atoms. The molecule has 0 saturated heterocycles. The number of methoxy groups -OCH3 is 1. The van der Waals surface area contributed by atoms with Gasteiger partial charge in [0.25, 0.3) is 0 Å². The van der Waals surface area contributed by atoms with Gasteiger partial charge in [0.15, 0.2) is 11.5 Å².